The molecule has 0 atom stereocenters. The lowest BCUT2D eigenvalue weighted by atomic mass is 10.3. The molecule has 0 radical (unpaired) electrons. The monoisotopic (exact) mass is 499 g/mol. The predicted molar refractivity (Wildman–Crippen MR) is 123 cm³/mol. The number of carbonyl (C=O) groups excluding carboxylic acids is 2. The van der Waals surface area contributed by atoms with Gasteiger partial charge in [0.2, 0.25) is 5.91 Å². The van der Waals surface area contributed by atoms with Crippen LogP contribution in [-0.2, 0) is 19.6 Å². The van der Waals surface area contributed by atoms with Gasteiger partial charge in [-0.2, -0.15) is 0 Å². The zero-order chi connectivity index (χ0) is 23.3. The van der Waals surface area contributed by atoms with Crippen LogP contribution in [0.25, 0.3) is 0 Å². The van der Waals surface area contributed by atoms with Gasteiger partial charge < -0.3 is 14.5 Å². The molecular formula is C21H23Cl2N3O5S. The van der Waals surface area contributed by atoms with Gasteiger partial charge >= 0.3 is 6.09 Å². The first kappa shape index (κ1) is 24.2. The Bertz CT molecular complexity index is 1070. The summed E-state index contributed by atoms with van der Waals surface area (Å²) in [5, 5.41) is 0.432. The number of rotatable bonds is 6. The van der Waals surface area contributed by atoms with E-state index < -0.39 is 28.6 Å². The summed E-state index contributed by atoms with van der Waals surface area (Å²) in [5.41, 5.74) is 0.113. The molecule has 1 aliphatic rings. The van der Waals surface area contributed by atoms with Crippen LogP contribution in [0.1, 0.15) is 6.92 Å². The van der Waals surface area contributed by atoms with Crippen molar-refractivity contribution in [1.82, 2.24) is 9.80 Å². The number of amides is 2. The number of ether oxygens (including phenoxy) is 1. The highest BCUT2D eigenvalue weighted by atomic mass is 35.5. The Balaban J connectivity index is 1.85. The summed E-state index contributed by atoms with van der Waals surface area (Å²) < 4.78 is 32.8. The molecule has 32 heavy (non-hydrogen) atoms. The van der Waals surface area contributed by atoms with Crippen LogP contribution in [0.5, 0.6) is 0 Å². The van der Waals surface area contributed by atoms with E-state index in [4.69, 9.17) is 27.9 Å². The minimum absolute atomic E-state index is 0.0240. The van der Waals surface area contributed by atoms with Crippen molar-refractivity contribution in [1.29, 1.82) is 0 Å². The van der Waals surface area contributed by atoms with Crippen LogP contribution in [0, 0.1) is 0 Å². The molecule has 1 fully saturated rings. The highest BCUT2D eigenvalue weighted by molar-refractivity contribution is 7.92. The fraction of sp³-hybridized carbons (Fsp3) is 0.333. The van der Waals surface area contributed by atoms with Crippen LogP contribution in [-0.4, -0.2) is 69.5 Å². The molecule has 0 bridgehead atoms. The molecule has 0 spiro atoms. The maximum absolute atomic E-state index is 13.4. The van der Waals surface area contributed by atoms with E-state index in [1.165, 1.54) is 40.1 Å². The third-order valence-corrected chi connectivity index (χ3v) is 7.27. The molecule has 2 amide bonds. The molecule has 2 aromatic rings. The van der Waals surface area contributed by atoms with Crippen molar-refractivity contribution in [3.63, 3.8) is 0 Å². The van der Waals surface area contributed by atoms with Gasteiger partial charge in [0.1, 0.15) is 6.54 Å². The summed E-state index contributed by atoms with van der Waals surface area (Å²) in [6.07, 6.45) is -0.432. The number of sulfonamides is 1. The highest BCUT2D eigenvalue weighted by Crippen LogP contribution is 2.33. The first-order valence-electron chi connectivity index (χ1n) is 9.96. The molecule has 11 heteroatoms. The third kappa shape index (κ3) is 5.46. The average Bonchev–Trinajstić information content (AvgIpc) is 2.80. The normalized spacial score (nSPS) is 14.2. The lowest BCUT2D eigenvalue weighted by molar-refractivity contribution is -0.131. The predicted octanol–water partition coefficient (Wildman–Crippen LogP) is 3.49. The van der Waals surface area contributed by atoms with Crippen molar-refractivity contribution >= 4 is 50.9 Å². The second kappa shape index (κ2) is 10.4. The Labute approximate surface area is 197 Å². The smallest absolute Gasteiger partial charge is 0.409 e. The minimum atomic E-state index is -4.10. The molecule has 1 heterocycles. The van der Waals surface area contributed by atoms with Crippen LogP contribution >= 0.6 is 23.2 Å². The van der Waals surface area contributed by atoms with Gasteiger partial charge in [0.15, 0.2) is 0 Å². The van der Waals surface area contributed by atoms with Gasteiger partial charge in [-0.05, 0) is 37.3 Å². The Morgan fingerprint density at radius 3 is 2.25 bits per heavy atom. The first-order chi connectivity index (χ1) is 15.2. The Hall–Kier alpha value is -2.49. The minimum Gasteiger partial charge on any atom is -0.450 e. The Kier molecular flexibility index (Phi) is 7.86. The number of hydrogen-bond donors (Lipinski definition) is 0. The standard InChI is InChI=1S/C21H23Cl2N3O5S/c1-2-31-21(28)25-12-10-24(11-13-25)20(27)15-26(19-14-16(22)8-9-18(19)23)32(29,30)17-6-4-3-5-7-17/h3-9,14H,2,10-13,15H2,1H3. The quantitative estimate of drug-likeness (QED) is 0.606. The molecule has 1 saturated heterocycles. The van der Waals surface area contributed by atoms with E-state index in [0.29, 0.717) is 13.1 Å². The van der Waals surface area contributed by atoms with E-state index in [2.05, 4.69) is 0 Å². The number of benzene rings is 2. The van der Waals surface area contributed by atoms with Gasteiger partial charge in [-0.1, -0.05) is 41.4 Å². The average molecular weight is 500 g/mol. The first-order valence-corrected chi connectivity index (χ1v) is 12.2. The number of carbonyl (C=O) groups is 2. The van der Waals surface area contributed by atoms with Crippen molar-refractivity contribution in [2.45, 2.75) is 11.8 Å². The summed E-state index contributed by atoms with van der Waals surface area (Å²) >= 11 is 12.4. The summed E-state index contributed by atoms with van der Waals surface area (Å²) in [4.78, 5) is 28.0. The van der Waals surface area contributed by atoms with Crippen molar-refractivity contribution in [3.05, 3.63) is 58.6 Å². The van der Waals surface area contributed by atoms with Crippen LogP contribution in [0.3, 0.4) is 0 Å². The number of halogens is 2. The van der Waals surface area contributed by atoms with E-state index in [1.54, 1.807) is 25.1 Å². The molecule has 0 aliphatic carbocycles. The van der Waals surface area contributed by atoms with Gasteiger partial charge in [0, 0.05) is 31.2 Å². The van der Waals surface area contributed by atoms with E-state index in [-0.39, 0.29) is 40.3 Å². The van der Waals surface area contributed by atoms with Crippen LogP contribution < -0.4 is 4.31 Å². The second-order valence-electron chi connectivity index (χ2n) is 6.99. The van der Waals surface area contributed by atoms with Gasteiger partial charge in [-0.25, -0.2) is 13.2 Å². The number of piperazine rings is 1. The summed E-state index contributed by atoms with van der Waals surface area (Å²) in [5.74, 6) is -0.413. The van der Waals surface area contributed by atoms with Crippen molar-refractivity contribution in [3.8, 4) is 0 Å². The van der Waals surface area contributed by atoms with E-state index in [1.807, 2.05) is 0 Å². The van der Waals surface area contributed by atoms with E-state index in [0.717, 1.165) is 4.31 Å². The van der Waals surface area contributed by atoms with Gasteiger partial charge in [-0.3, -0.25) is 9.10 Å². The van der Waals surface area contributed by atoms with Crippen LogP contribution in [0.2, 0.25) is 10.0 Å². The zero-order valence-corrected chi connectivity index (χ0v) is 19.7. The molecule has 1 aliphatic heterocycles. The Morgan fingerprint density at radius 1 is 1.00 bits per heavy atom. The fourth-order valence-corrected chi connectivity index (χ4v) is 5.15. The van der Waals surface area contributed by atoms with Crippen molar-refractivity contribution < 1.29 is 22.7 Å². The second-order valence-corrected chi connectivity index (χ2v) is 9.69. The molecule has 0 unspecified atom stereocenters. The zero-order valence-electron chi connectivity index (χ0n) is 17.4. The number of anilines is 1. The third-order valence-electron chi connectivity index (χ3n) is 4.95. The summed E-state index contributed by atoms with van der Waals surface area (Å²) in [7, 11) is -4.10. The topological polar surface area (TPSA) is 87.2 Å². The van der Waals surface area contributed by atoms with Crippen LogP contribution in [0.4, 0.5) is 10.5 Å². The fourth-order valence-electron chi connectivity index (χ4n) is 3.27. The highest BCUT2D eigenvalue weighted by Gasteiger charge is 2.32. The van der Waals surface area contributed by atoms with Gasteiger partial charge in [-0.15, -0.1) is 0 Å². The molecule has 3 rings (SSSR count). The largest absolute Gasteiger partial charge is 0.450 e. The molecule has 8 nitrogen and oxygen atoms in total. The van der Waals surface area contributed by atoms with E-state index >= 15 is 0 Å². The summed E-state index contributed by atoms with van der Waals surface area (Å²) in [6, 6.07) is 12.2. The van der Waals surface area contributed by atoms with Gasteiger partial charge in [0.25, 0.3) is 10.0 Å². The lowest BCUT2D eigenvalue weighted by Gasteiger charge is -2.35. The number of hydrogen-bond acceptors (Lipinski definition) is 5. The summed E-state index contributed by atoms with van der Waals surface area (Å²) in [6.45, 7) is 2.66. The lowest BCUT2D eigenvalue weighted by Crippen LogP contribution is -2.53. The molecule has 0 saturated carbocycles. The maximum atomic E-state index is 13.4. The molecular weight excluding hydrogens is 477 g/mol. The number of nitrogens with zero attached hydrogens (tertiary/aromatic N) is 3. The van der Waals surface area contributed by atoms with Crippen molar-refractivity contribution in [2.24, 2.45) is 0 Å². The molecule has 0 N–H and O–H groups in total. The molecule has 0 aromatic heterocycles. The molecule has 172 valence electrons. The van der Waals surface area contributed by atoms with Crippen molar-refractivity contribution in [2.75, 3.05) is 43.6 Å². The van der Waals surface area contributed by atoms with Gasteiger partial charge in [0.05, 0.1) is 22.2 Å². The Morgan fingerprint density at radius 2 is 1.62 bits per heavy atom. The van der Waals surface area contributed by atoms with E-state index in [9.17, 15) is 18.0 Å². The van der Waals surface area contributed by atoms with Crippen LogP contribution in [0.15, 0.2) is 53.4 Å². The SMILES string of the molecule is CCOC(=O)N1CCN(C(=O)CN(c2cc(Cl)ccc2Cl)S(=O)(=O)c2ccccc2)CC1. The molecule has 2 aromatic carbocycles. The maximum Gasteiger partial charge on any atom is 0.409 e.